The fraction of sp³-hybridized carbons (Fsp3) is 0.429. The van der Waals surface area contributed by atoms with Gasteiger partial charge in [-0.05, 0) is 12.6 Å². The van der Waals surface area contributed by atoms with Crippen LogP contribution in [-0.4, -0.2) is 6.54 Å². The Morgan fingerprint density at radius 2 is 2.27 bits per heavy atom. The highest BCUT2D eigenvalue weighted by Crippen LogP contribution is 2.30. The fourth-order valence-electron chi connectivity index (χ4n) is 0.798. The summed E-state index contributed by atoms with van der Waals surface area (Å²) in [6, 6.07) is 1.25. The smallest absolute Gasteiger partial charge is 0.277 e. The maximum atomic E-state index is 12.8. The average Bonchev–Trinajstić information content (AvgIpc) is 2.37. The van der Waals surface area contributed by atoms with Crippen LogP contribution in [0.25, 0.3) is 0 Å². The molecule has 0 aliphatic heterocycles. The van der Waals surface area contributed by atoms with Crippen molar-refractivity contribution < 1.29 is 13.2 Å². The molecule has 0 aromatic carbocycles. The Hall–Kier alpha value is -0.900. The van der Waals surface area contributed by atoms with Crippen LogP contribution in [0, 0.1) is 0 Å². The van der Waals surface area contributed by atoms with Crippen molar-refractivity contribution in [3.8, 4) is 0 Å². The van der Waals surface area contributed by atoms with E-state index in [9.17, 15) is 8.78 Å². The number of hydrogen-bond acceptors (Lipinski definition) is 2. The topological polar surface area (TPSA) is 39.2 Å². The van der Waals surface area contributed by atoms with Crippen molar-refractivity contribution >= 4 is 0 Å². The molecule has 0 atom stereocenters. The van der Waals surface area contributed by atoms with E-state index >= 15 is 0 Å². The summed E-state index contributed by atoms with van der Waals surface area (Å²) >= 11 is 0. The lowest BCUT2D eigenvalue weighted by Gasteiger charge is -2.11. The summed E-state index contributed by atoms with van der Waals surface area (Å²) < 4.78 is 30.2. The normalized spacial score (nSPS) is 11.9. The molecule has 1 aromatic heterocycles. The van der Waals surface area contributed by atoms with Crippen molar-refractivity contribution in [2.75, 3.05) is 6.54 Å². The highest BCUT2D eigenvalue weighted by atomic mass is 19.3. The van der Waals surface area contributed by atoms with Crippen LogP contribution in [0.1, 0.15) is 12.0 Å². The van der Waals surface area contributed by atoms with Gasteiger partial charge in [0, 0.05) is 6.42 Å². The molecule has 0 unspecified atom stereocenters. The lowest BCUT2D eigenvalue weighted by molar-refractivity contribution is -0.0112. The first kappa shape index (κ1) is 8.20. The van der Waals surface area contributed by atoms with Crippen LogP contribution in [0.15, 0.2) is 23.0 Å². The van der Waals surface area contributed by atoms with Crippen molar-refractivity contribution in [3.05, 3.63) is 24.2 Å². The van der Waals surface area contributed by atoms with Crippen LogP contribution in [-0.2, 0) is 5.92 Å². The van der Waals surface area contributed by atoms with E-state index in [1.165, 1.54) is 12.3 Å². The van der Waals surface area contributed by atoms with Gasteiger partial charge in [0.1, 0.15) is 0 Å². The minimum absolute atomic E-state index is 0.0296. The lowest BCUT2D eigenvalue weighted by atomic mass is 10.1. The summed E-state index contributed by atoms with van der Waals surface area (Å²) in [5.41, 5.74) is 4.90. The largest absolute Gasteiger partial charge is 0.472 e. The average molecular weight is 161 g/mol. The quantitative estimate of drug-likeness (QED) is 0.733. The number of halogens is 2. The van der Waals surface area contributed by atoms with Gasteiger partial charge >= 0.3 is 0 Å². The second-order valence-corrected chi connectivity index (χ2v) is 2.26. The zero-order chi connectivity index (χ0) is 8.32. The van der Waals surface area contributed by atoms with Crippen LogP contribution in [0.2, 0.25) is 0 Å². The van der Waals surface area contributed by atoms with Crippen molar-refractivity contribution in [1.29, 1.82) is 0 Å². The molecular formula is C7H9F2NO. The second kappa shape index (κ2) is 3.00. The van der Waals surface area contributed by atoms with Gasteiger partial charge < -0.3 is 10.2 Å². The number of alkyl halides is 2. The first-order valence-corrected chi connectivity index (χ1v) is 3.27. The van der Waals surface area contributed by atoms with Gasteiger partial charge in [-0.1, -0.05) is 0 Å². The molecule has 4 heteroatoms. The summed E-state index contributed by atoms with van der Waals surface area (Å²) in [4.78, 5) is 0. The Kier molecular flexibility index (Phi) is 2.24. The monoisotopic (exact) mass is 161 g/mol. The molecule has 11 heavy (non-hydrogen) atoms. The molecule has 2 N–H and O–H groups in total. The van der Waals surface area contributed by atoms with Crippen molar-refractivity contribution in [3.63, 3.8) is 0 Å². The lowest BCUT2D eigenvalue weighted by Crippen LogP contribution is -2.17. The third-order valence-corrected chi connectivity index (χ3v) is 1.40. The molecule has 1 heterocycles. The van der Waals surface area contributed by atoms with Gasteiger partial charge in [-0.2, -0.15) is 0 Å². The minimum Gasteiger partial charge on any atom is -0.472 e. The zero-order valence-electron chi connectivity index (χ0n) is 5.89. The molecule has 62 valence electrons. The van der Waals surface area contributed by atoms with E-state index in [0.29, 0.717) is 0 Å². The molecule has 0 radical (unpaired) electrons. The molecule has 0 saturated carbocycles. The predicted molar refractivity (Wildman–Crippen MR) is 36.3 cm³/mol. The van der Waals surface area contributed by atoms with Crippen LogP contribution in [0.5, 0.6) is 0 Å². The van der Waals surface area contributed by atoms with Gasteiger partial charge in [0.2, 0.25) is 0 Å². The van der Waals surface area contributed by atoms with Crippen LogP contribution < -0.4 is 5.73 Å². The highest BCUT2D eigenvalue weighted by molar-refractivity contribution is 5.12. The van der Waals surface area contributed by atoms with E-state index in [0.717, 1.165) is 6.26 Å². The highest BCUT2D eigenvalue weighted by Gasteiger charge is 2.31. The SMILES string of the molecule is NCCC(F)(F)c1ccoc1. The molecule has 1 aromatic rings. The zero-order valence-corrected chi connectivity index (χ0v) is 5.89. The van der Waals surface area contributed by atoms with Gasteiger partial charge in [0.05, 0.1) is 18.1 Å². The molecule has 1 rings (SSSR count). The molecule has 0 amide bonds. The van der Waals surface area contributed by atoms with Gasteiger partial charge in [0.15, 0.2) is 0 Å². The van der Waals surface area contributed by atoms with Crippen molar-refractivity contribution in [2.24, 2.45) is 5.73 Å². The molecule has 0 aliphatic rings. The maximum Gasteiger partial charge on any atom is 0.277 e. The van der Waals surface area contributed by atoms with Gasteiger partial charge in [0.25, 0.3) is 5.92 Å². The number of hydrogen-bond donors (Lipinski definition) is 1. The van der Waals surface area contributed by atoms with Crippen molar-refractivity contribution in [2.45, 2.75) is 12.3 Å². The van der Waals surface area contributed by atoms with E-state index in [1.54, 1.807) is 0 Å². The molecule has 0 spiro atoms. The van der Waals surface area contributed by atoms with Gasteiger partial charge in [-0.3, -0.25) is 0 Å². The standard InChI is InChI=1S/C7H9F2NO/c8-7(9,2-3-10)6-1-4-11-5-6/h1,4-5H,2-3,10H2. The first-order valence-electron chi connectivity index (χ1n) is 3.27. The summed E-state index contributed by atoms with van der Waals surface area (Å²) in [5, 5.41) is 0. The second-order valence-electron chi connectivity index (χ2n) is 2.26. The molecule has 0 bridgehead atoms. The number of nitrogens with two attached hydrogens (primary N) is 1. The maximum absolute atomic E-state index is 12.8. The predicted octanol–water partition coefficient (Wildman–Crippen LogP) is 1.72. The molecular weight excluding hydrogens is 152 g/mol. The fourth-order valence-corrected chi connectivity index (χ4v) is 0.798. The summed E-state index contributed by atoms with van der Waals surface area (Å²) in [6.07, 6.45) is 1.92. The van der Waals surface area contributed by atoms with Crippen LogP contribution in [0.4, 0.5) is 8.78 Å². The Balaban J connectivity index is 2.73. The van der Waals surface area contributed by atoms with E-state index in [4.69, 9.17) is 5.73 Å². The molecule has 0 saturated heterocycles. The molecule has 0 aliphatic carbocycles. The van der Waals surface area contributed by atoms with Gasteiger partial charge in [-0.25, -0.2) is 8.78 Å². The Labute approximate surface area is 63.0 Å². The summed E-state index contributed by atoms with van der Waals surface area (Å²) in [7, 11) is 0. The first-order chi connectivity index (χ1) is 5.17. The van der Waals surface area contributed by atoms with Crippen LogP contribution >= 0.6 is 0 Å². The van der Waals surface area contributed by atoms with E-state index in [2.05, 4.69) is 4.42 Å². The van der Waals surface area contributed by atoms with E-state index in [1.807, 2.05) is 0 Å². The Morgan fingerprint density at radius 1 is 1.55 bits per heavy atom. The summed E-state index contributed by atoms with van der Waals surface area (Å²) in [6.45, 7) is -0.0296. The van der Waals surface area contributed by atoms with E-state index in [-0.39, 0.29) is 18.5 Å². The number of rotatable bonds is 3. The Morgan fingerprint density at radius 3 is 2.73 bits per heavy atom. The van der Waals surface area contributed by atoms with Crippen LogP contribution in [0.3, 0.4) is 0 Å². The Bertz CT molecular complexity index is 208. The van der Waals surface area contributed by atoms with Gasteiger partial charge in [-0.15, -0.1) is 0 Å². The molecule has 2 nitrogen and oxygen atoms in total. The third-order valence-electron chi connectivity index (χ3n) is 1.40. The van der Waals surface area contributed by atoms with Crippen molar-refractivity contribution in [1.82, 2.24) is 0 Å². The summed E-state index contributed by atoms with van der Waals surface area (Å²) in [5.74, 6) is -2.85. The third kappa shape index (κ3) is 1.77. The van der Waals surface area contributed by atoms with E-state index < -0.39 is 5.92 Å². The minimum atomic E-state index is -2.85. The number of furan rings is 1. The molecule has 0 fully saturated rings.